The maximum absolute atomic E-state index is 12.3. The van der Waals surface area contributed by atoms with E-state index in [1.54, 1.807) is 10.7 Å². The second-order valence-electron chi connectivity index (χ2n) is 10.6. The van der Waals surface area contributed by atoms with Crippen LogP contribution < -0.4 is 15.0 Å². The molecule has 11 nitrogen and oxygen atoms in total. The van der Waals surface area contributed by atoms with Crippen LogP contribution >= 0.6 is 0 Å². The number of nitrogens with one attached hydrogen (secondary N) is 2. The molecule has 4 aromatic heterocycles. The molecular weight excluding hydrogens is 474 g/mol. The molecule has 1 fully saturated rings. The number of nitrogens with zero attached hydrogens (tertiary/aromatic N) is 5. The Morgan fingerprint density at radius 2 is 2.14 bits per heavy atom. The molecule has 1 aliphatic heterocycles. The molecule has 0 aliphatic carbocycles. The highest BCUT2D eigenvalue weighted by atomic mass is 16.6. The third kappa shape index (κ3) is 4.91. The van der Waals surface area contributed by atoms with Crippen molar-refractivity contribution in [2.45, 2.75) is 58.3 Å². The Kier molecular flexibility index (Phi) is 6.18. The number of β-amino-alcohol motifs (C(OH)–C–C–N with tert-alkyl or cyclic N) is 1. The average Bonchev–Trinajstić information content (AvgIpc) is 3.41. The van der Waals surface area contributed by atoms with Crippen LogP contribution in [0.5, 0.6) is 5.75 Å². The molecule has 0 radical (unpaired) electrons. The number of alkyl carbamates (subject to hydrolysis) is 1. The smallest absolute Gasteiger partial charge is 0.408 e. The highest BCUT2D eigenvalue weighted by Gasteiger charge is 2.41. The predicted octanol–water partition coefficient (Wildman–Crippen LogP) is 3.53. The normalized spacial score (nSPS) is 20.4. The molecule has 3 N–H and O–H groups in total. The van der Waals surface area contributed by atoms with Crippen molar-refractivity contribution in [1.29, 1.82) is 0 Å². The van der Waals surface area contributed by atoms with Gasteiger partial charge in [-0.15, -0.1) is 5.10 Å². The van der Waals surface area contributed by atoms with Gasteiger partial charge in [0, 0.05) is 30.4 Å². The minimum atomic E-state index is -0.793. The summed E-state index contributed by atoms with van der Waals surface area (Å²) in [6, 6.07) is 5.94. The molecular formula is C26H33N7O4. The molecule has 11 heteroatoms. The fourth-order valence-corrected chi connectivity index (χ4v) is 4.66. The van der Waals surface area contributed by atoms with E-state index < -0.39 is 23.3 Å². The van der Waals surface area contributed by atoms with E-state index in [4.69, 9.17) is 14.5 Å². The number of H-pyrrole nitrogens is 1. The highest BCUT2D eigenvalue weighted by molar-refractivity contribution is 6.00. The molecule has 0 saturated carbocycles. The third-order valence-electron chi connectivity index (χ3n) is 6.61. The number of amides is 1. The molecule has 0 spiro atoms. The number of hydrogen-bond donors (Lipinski definition) is 3. The molecule has 0 bridgehead atoms. The van der Waals surface area contributed by atoms with Crippen LogP contribution in [0.25, 0.3) is 27.7 Å². The van der Waals surface area contributed by atoms with Crippen molar-refractivity contribution in [3.63, 3.8) is 0 Å². The molecule has 37 heavy (non-hydrogen) atoms. The monoisotopic (exact) mass is 507 g/mol. The first-order valence-corrected chi connectivity index (χ1v) is 12.5. The summed E-state index contributed by atoms with van der Waals surface area (Å²) in [5.74, 6) is 1.46. The zero-order valence-electron chi connectivity index (χ0n) is 21.8. The number of pyridine rings is 2. The van der Waals surface area contributed by atoms with E-state index in [0.29, 0.717) is 37.5 Å². The lowest BCUT2D eigenvalue weighted by Crippen LogP contribution is -2.63. The van der Waals surface area contributed by atoms with Gasteiger partial charge in [0.1, 0.15) is 17.2 Å². The molecule has 1 aliphatic rings. The molecule has 2 atom stereocenters. The van der Waals surface area contributed by atoms with Gasteiger partial charge in [-0.2, -0.15) is 5.10 Å². The van der Waals surface area contributed by atoms with E-state index in [1.165, 1.54) is 0 Å². The summed E-state index contributed by atoms with van der Waals surface area (Å²) >= 11 is 0. The maximum atomic E-state index is 12.3. The van der Waals surface area contributed by atoms with Crippen molar-refractivity contribution >= 4 is 28.5 Å². The Hall–Kier alpha value is -3.86. The Morgan fingerprint density at radius 1 is 1.32 bits per heavy atom. The van der Waals surface area contributed by atoms with Crippen molar-refractivity contribution < 1.29 is 19.4 Å². The number of aliphatic hydroxyl groups is 1. The number of ether oxygens (including phenoxy) is 2. The average molecular weight is 508 g/mol. The van der Waals surface area contributed by atoms with Crippen LogP contribution in [0.3, 0.4) is 0 Å². The van der Waals surface area contributed by atoms with Crippen LogP contribution in [0.1, 0.15) is 41.0 Å². The van der Waals surface area contributed by atoms with Crippen LogP contribution in [0, 0.1) is 0 Å². The number of anilines is 1. The summed E-state index contributed by atoms with van der Waals surface area (Å²) in [6.45, 7) is 10.7. The number of rotatable bonds is 5. The van der Waals surface area contributed by atoms with Gasteiger partial charge in [-0.05, 0) is 59.2 Å². The van der Waals surface area contributed by atoms with Crippen molar-refractivity contribution in [2.75, 3.05) is 24.6 Å². The largest absolute Gasteiger partial charge is 0.492 e. The number of aromatic nitrogens is 5. The first-order valence-electron chi connectivity index (χ1n) is 12.5. The summed E-state index contributed by atoms with van der Waals surface area (Å²) in [4.78, 5) is 19.0. The van der Waals surface area contributed by atoms with Crippen LogP contribution in [0.15, 0.2) is 36.8 Å². The lowest BCUT2D eigenvalue weighted by Gasteiger charge is -2.44. The lowest BCUT2D eigenvalue weighted by molar-refractivity contribution is 0.0196. The van der Waals surface area contributed by atoms with Crippen LogP contribution in [-0.4, -0.2) is 72.9 Å². The standard InChI is InChI=1S/C26H33N7O4/c1-6-36-17-11-18(22-19-13-28-30-23(19)31-33(22)14-17)16-7-8-21(27-12-16)32-10-9-26(5,20(34)15-32)29-24(35)37-25(2,3)4/h7-8,11-14,20,34H,6,9-10,15H2,1-5H3,(H,29,35)(H,30,31)/t20-,26+/m0/s1. The van der Waals surface area contributed by atoms with Gasteiger partial charge in [-0.3, -0.25) is 5.10 Å². The molecule has 1 amide bonds. The summed E-state index contributed by atoms with van der Waals surface area (Å²) in [6.07, 6.45) is 4.66. The van der Waals surface area contributed by atoms with Crippen molar-refractivity contribution in [3.05, 3.63) is 36.8 Å². The second-order valence-corrected chi connectivity index (χ2v) is 10.6. The zero-order valence-corrected chi connectivity index (χ0v) is 21.8. The van der Waals surface area contributed by atoms with E-state index >= 15 is 0 Å². The Labute approximate surface area is 214 Å². The summed E-state index contributed by atoms with van der Waals surface area (Å²) in [7, 11) is 0. The van der Waals surface area contributed by atoms with E-state index in [1.807, 2.05) is 70.1 Å². The molecule has 196 valence electrons. The van der Waals surface area contributed by atoms with Crippen LogP contribution in [-0.2, 0) is 4.74 Å². The molecule has 4 aromatic rings. The molecule has 5 heterocycles. The first kappa shape index (κ1) is 24.8. The van der Waals surface area contributed by atoms with Gasteiger partial charge in [-0.1, -0.05) is 0 Å². The molecule has 0 aromatic carbocycles. The van der Waals surface area contributed by atoms with E-state index in [9.17, 15) is 9.90 Å². The number of carbonyl (C=O) groups is 1. The summed E-state index contributed by atoms with van der Waals surface area (Å²) in [5, 5.41) is 26.3. The number of fused-ring (bicyclic) bond motifs is 3. The number of aliphatic hydroxyl groups excluding tert-OH is 1. The SMILES string of the molecule is CCOc1cc(-c2ccc(N3CC[C@@](C)(NC(=O)OC(C)(C)C)[C@@H](O)C3)nc2)c2c3cn[nH]c3nn2c1. The van der Waals surface area contributed by atoms with Crippen LogP contribution in [0.4, 0.5) is 10.6 Å². The number of piperidine rings is 1. The third-order valence-corrected chi connectivity index (χ3v) is 6.61. The molecule has 0 unspecified atom stereocenters. The van der Waals surface area contributed by atoms with E-state index in [2.05, 4.69) is 20.6 Å². The number of hydrogen-bond acceptors (Lipinski definition) is 8. The quantitative estimate of drug-likeness (QED) is 0.374. The number of carbonyl (C=O) groups excluding carboxylic acids is 1. The van der Waals surface area contributed by atoms with Gasteiger partial charge in [0.05, 0.1) is 41.5 Å². The van der Waals surface area contributed by atoms with Gasteiger partial charge in [-0.25, -0.2) is 14.3 Å². The lowest BCUT2D eigenvalue weighted by atomic mass is 9.87. The van der Waals surface area contributed by atoms with Gasteiger partial charge in [0.2, 0.25) is 0 Å². The summed E-state index contributed by atoms with van der Waals surface area (Å²) in [5.41, 5.74) is 2.06. The molecule has 5 rings (SSSR count). The second kappa shape index (κ2) is 9.22. The van der Waals surface area contributed by atoms with E-state index in [-0.39, 0.29) is 0 Å². The minimum Gasteiger partial charge on any atom is -0.492 e. The summed E-state index contributed by atoms with van der Waals surface area (Å²) < 4.78 is 13.0. The fraction of sp³-hybridized carbons (Fsp3) is 0.462. The van der Waals surface area contributed by atoms with Gasteiger partial charge in [0.25, 0.3) is 0 Å². The predicted molar refractivity (Wildman–Crippen MR) is 140 cm³/mol. The molecule has 1 saturated heterocycles. The highest BCUT2D eigenvalue weighted by Crippen LogP contribution is 2.34. The Morgan fingerprint density at radius 3 is 2.81 bits per heavy atom. The van der Waals surface area contributed by atoms with Gasteiger partial charge < -0.3 is 24.8 Å². The number of aromatic amines is 1. The topological polar surface area (TPSA) is 130 Å². The minimum absolute atomic E-state index is 0.334. The van der Waals surface area contributed by atoms with E-state index in [0.717, 1.165) is 27.8 Å². The zero-order chi connectivity index (χ0) is 26.4. The first-order chi connectivity index (χ1) is 17.6. The van der Waals surface area contributed by atoms with Crippen molar-refractivity contribution in [3.8, 4) is 16.9 Å². The van der Waals surface area contributed by atoms with Crippen LogP contribution in [0.2, 0.25) is 0 Å². The Bertz CT molecular complexity index is 1420. The Balaban J connectivity index is 1.37. The van der Waals surface area contributed by atoms with Gasteiger partial charge >= 0.3 is 6.09 Å². The van der Waals surface area contributed by atoms with Crippen molar-refractivity contribution in [2.24, 2.45) is 0 Å². The van der Waals surface area contributed by atoms with Crippen molar-refractivity contribution in [1.82, 2.24) is 30.1 Å². The maximum Gasteiger partial charge on any atom is 0.408 e. The van der Waals surface area contributed by atoms with Gasteiger partial charge in [0.15, 0.2) is 5.65 Å². The fourth-order valence-electron chi connectivity index (χ4n) is 4.66.